The minimum atomic E-state index is -0.337. The average molecular weight is 358 g/mol. The maximum Gasteiger partial charge on any atom is 0.320 e. The molecule has 0 spiro atoms. The number of anilines is 1. The highest BCUT2D eigenvalue weighted by atomic mass is 32.1. The van der Waals surface area contributed by atoms with Crippen molar-refractivity contribution in [2.75, 3.05) is 32.5 Å². The molecule has 3 aromatic rings. The number of hydrogen-bond donors (Lipinski definition) is 2. The topological polar surface area (TPSA) is 91.6 Å². The SMILES string of the molecule is CN(C)CCNC(=O)Nc1ccnc2c(C(=O)c3cccs3)cnn12. The summed E-state index contributed by atoms with van der Waals surface area (Å²) in [6.07, 6.45) is 3.01. The second-order valence-corrected chi connectivity index (χ2v) is 6.56. The molecule has 3 heterocycles. The van der Waals surface area contributed by atoms with Gasteiger partial charge in [-0.05, 0) is 31.6 Å². The molecular formula is C16H18N6O2S. The van der Waals surface area contributed by atoms with E-state index in [9.17, 15) is 9.59 Å². The van der Waals surface area contributed by atoms with Gasteiger partial charge in [-0.25, -0.2) is 9.78 Å². The molecule has 0 bridgehead atoms. The maximum absolute atomic E-state index is 12.5. The fraction of sp³-hybridized carbons (Fsp3) is 0.250. The molecule has 0 aliphatic carbocycles. The van der Waals surface area contributed by atoms with Crippen LogP contribution in [0.15, 0.2) is 36.0 Å². The van der Waals surface area contributed by atoms with Crippen molar-refractivity contribution in [3.8, 4) is 0 Å². The minimum Gasteiger partial charge on any atom is -0.337 e. The Balaban J connectivity index is 1.79. The van der Waals surface area contributed by atoms with Gasteiger partial charge in [0.2, 0.25) is 5.78 Å². The lowest BCUT2D eigenvalue weighted by Gasteiger charge is -2.11. The number of hydrogen-bond acceptors (Lipinski definition) is 6. The van der Waals surface area contributed by atoms with E-state index in [1.54, 1.807) is 12.1 Å². The highest BCUT2D eigenvalue weighted by molar-refractivity contribution is 7.12. The van der Waals surface area contributed by atoms with Crippen LogP contribution in [0.1, 0.15) is 15.2 Å². The molecule has 0 atom stereocenters. The molecule has 0 radical (unpaired) electrons. The van der Waals surface area contributed by atoms with Crippen LogP contribution in [0.3, 0.4) is 0 Å². The molecule has 2 N–H and O–H groups in total. The van der Waals surface area contributed by atoms with Crippen LogP contribution in [-0.4, -0.2) is 58.5 Å². The van der Waals surface area contributed by atoms with Crippen LogP contribution in [0.2, 0.25) is 0 Å². The number of aromatic nitrogens is 3. The van der Waals surface area contributed by atoms with E-state index < -0.39 is 0 Å². The second kappa shape index (κ2) is 7.41. The van der Waals surface area contributed by atoms with E-state index in [4.69, 9.17) is 0 Å². The molecule has 0 aliphatic heterocycles. The van der Waals surface area contributed by atoms with Gasteiger partial charge in [0.05, 0.1) is 16.6 Å². The second-order valence-electron chi connectivity index (χ2n) is 5.61. The van der Waals surface area contributed by atoms with Crippen LogP contribution in [0, 0.1) is 0 Å². The molecule has 8 nitrogen and oxygen atoms in total. The molecule has 9 heteroatoms. The molecule has 25 heavy (non-hydrogen) atoms. The van der Waals surface area contributed by atoms with Crippen molar-refractivity contribution < 1.29 is 9.59 Å². The van der Waals surface area contributed by atoms with Gasteiger partial charge in [-0.1, -0.05) is 6.07 Å². The van der Waals surface area contributed by atoms with Crippen LogP contribution >= 0.6 is 11.3 Å². The van der Waals surface area contributed by atoms with Gasteiger partial charge >= 0.3 is 6.03 Å². The summed E-state index contributed by atoms with van der Waals surface area (Å²) in [5.41, 5.74) is 0.809. The molecule has 0 saturated carbocycles. The number of fused-ring (bicyclic) bond motifs is 1. The van der Waals surface area contributed by atoms with Crippen molar-refractivity contribution in [2.45, 2.75) is 0 Å². The van der Waals surface area contributed by atoms with Gasteiger partial charge < -0.3 is 10.2 Å². The van der Waals surface area contributed by atoms with Crippen LogP contribution in [0.5, 0.6) is 0 Å². The summed E-state index contributed by atoms with van der Waals surface area (Å²) in [5, 5.41) is 11.5. The van der Waals surface area contributed by atoms with Gasteiger partial charge in [0, 0.05) is 19.3 Å². The maximum atomic E-state index is 12.5. The number of likely N-dealkylation sites (N-methyl/N-ethyl adjacent to an activating group) is 1. The lowest BCUT2D eigenvalue weighted by atomic mass is 10.2. The van der Waals surface area contributed by atoms with E-state index in [0.29, 0.717) is 28.5 Å². The number of ketones is 1. The van der Waals surface area contributed by atoms with E-state index in [1.807, 2.05) is 30.4 Å². The highest BCUT2D eigenvalue weighted by Crippen LogP contribution is 2.19. The first-order valence-corrected chi connectivity index (χ1v) is 8.55. The fourth-order valence-corrected chi connectivity index (χ4v) is 2.92. The zero-order valence-electron chi connectivity index (χ0n) is 13.9. The van der Waals surface area contributed by atoms with E-state index in [1.165, 1.54) is 28.2 Å². The first kappa shape index (κ1) is 17.1. The zero-order valence-corrected chi connectivity index (χ0v) is 14.7. The number of nitrogens with zero attached hydrogens (tertiary/aromatic N) is 4. The van der Waals surface area contributed by atoms with Gasteiger partial charge in [0.25, 0.3) is 0 Å². The Kier molecular flexibility index (Phi) is 5.05. The third-order valence-corrected chi connectivity index (χ3v) is 4.35. The van der Waals surface area contributed by atoms with E-state index in [0.717, 1.165) is 6.54 Å². The Morgan fingerprint density at radius 1 is 1.32 bits per heavy atom. The first-order valence-electron chi connectivity index (χ1n) is 7.67. The van der Waals surface area contributed by atoms with Crippen LogP contribution in [0.4, 0.5) is 10.6 Å². The standard InChI is InChI=1S/C16H18N6O2S/c1-21(2)8-7-18-16(24)20-13-5-6-17-15-11(10-19-22(13)15)14(23)12-4-3-9-25-12/h3-6,9-10H,7-8H2,1-2H3,(H2,18,20,24). The van der Waals surface area contributed by atoms with Crippen molar-refractivity contribution in [3.63, 3.8) is 0 Å². The molecule has 0 aliphatic rings. The summed E-state index contributed by atoms with van der Waals surface area (Å²) < 4.78 is 1.45. The normalized spacial score (nSPS) is 11.0. The molecule has 0 saturated heterocycles. The van der Waals surface area contributed by atoms with Crippen molar-refractivity contribution >= 4 is 34.6 Å². The molecular weight excluding hydrogens is 340 g/mol. The molecule has 3 rings (SSSR count). The van der Waals surface area contributed by atoms with Crippen LogP contribution in [-0.2, 0) is 0 Å². The van der Waals surface area contributed by atoms with Gasteiger partial charge in [-0.2, -0.15) is 9.61 Å². The smallest absolute Gasteiger partial charge is 0.320 e. The number of carbonyl (C=O) groups excluding carboxylic acids is 2. The highest BCUT2D eigenvalue weighted by Gasteiger charge is 2.18. The van der Waals surface area contributed by atoms with E-state index in [2.05, 4.69) is 20.7 Å². The lowest BCUT2D eigenvalue weighted by Crippen LogP contribution is -2.34. The van der Waals surface area contributed by atoms with Crippen LogP contribution in [0.25, 0.3) is 5.65 Å². The monoisotopic (exact) mass is 358 g/mol. The summed E-state index contributed by atoms with van der Waals surface area (Å²) in [7, 11) is 3.86. The summed E-state index contributed by atoms with van der Waals surface area (Å²) in [6, 6.07) is 4.88. The Morgan fingerprint density at radius 3 is 2.88 bits per heavy atom. The van der Waals surface area contributed by atoms with E-state index in [-0.39, 0.29) is 11.8 Å². The molecule has 0 aromatic carbocycles. The Bertz CT molecular complexity index is 887. The number of rotatable bonds is 6. The average Bonchev–Trinajstić information content (AvgIpc) is 3.24. The largest absolute Gasteiger partial charge is 0.337 e. The summed E-state index contributed by atoms with van der Waals surface area (Å²) in [4.78, 5) is 31.4. The molecule has 3 aromatic heterocycles. The lowest BCUT2D eigenvalue weighted by molar-refractivity contribution is 0.104. The number of carbonyl (C=O) groups is 2. The number of thiophene rings is 1. The molecule has 130 valence electrons. The first-order chi connectivity index (χ1) is 12.1. The molecule has 2 amide bonds. The molecule has 0 unspecified atom stereocenters. The van der Waals surface area contributed by atoms with Gasteiger partial charge in [-0.3, -0.25) is 10.1 Å². The Morgan fingerprint density at radius 2 is 2.16 bits per heavy atom. The quantitative estimate of drug-likeness (QED) is 0.655. The zero-order chi connectivity index (χ0) is 17.8. The van der Waals surface area contributed by atoms with Gasteiger partial charge in [0.1, 0.15) is 5.82 Å². The minimum absolute atomic E-state index is 0.134. The van der Waals surface area contributed by atoms with Crippen molar-refractivity contribution in [2.24, 2.45) is 0 Å². The molecule has 0 fully saturated rings. The van der Waals surface area contributed by atoms with Crippen molar-refractivity contribution in [3.05, 3.63) is 46.4 Å². The summed E-state index contributed by atoms with van der Waals surface area (Å²) in [6.45, 7) is 1.26. The third-order valence-electron chi connectivity index (χ3n) is 3.48. The number of nitrogens with one attached hydrogen (secondary N) is 2. The Labute approximate surface area is 148 Å². The van der Waals surface area contributed by atoms with Gasteiger partial charge in [-0.15, -0.1) is 11.3 Å². The number of amides is 2. The van der Waals surface area contributed by atoms with Crippen molar-refractivity contribution in [1.82, 2.24) is 24.8 Å². The summed E-state index contributed by atoms with van der Waals surface area (Å²) in [5.74, 6) is 0.308. The predicted molar refractivity (Wildman–Crippen MR) is 96.3 cm³/mol. The van der Waals surface area contributed by atoms with Crippen LogP contribution < -0.4 is 10.6 Å². The Hall–Kier alpha value is -2.78. The summed E-state index contributed by atoms with van der Waals surface area (Å²) >= 11 is 1.37. The number of urea groups is 1. The third kappa shape index (κ3) is 3.83. The predicted octanol–water partition coefficient (Wildman–Crippen LogP) is 1.70. The van der Waals surface area contributed by atoms with Crippen molar-refractivity contribution in [1.29, 1.82) is 0 Å². The fourth-order valence-electron chi connectivity index (χ4n) is 2.24. The van der Waals surface area contributed by atoms with Gasteiger partial charge in [0.15, 0.2) is 5.65 Å². The van der Waals surface area contributed by atoms with E-state index >= 15 is 0 Å².